The lowest BCUT2D eigenvalue weighted by Crippen LogP contribution is -2.51. The number of halogens is 3. The molecular weight excluding hydrogens is 281 g/mol. The summed E-state index contributed by atoms with van der Waals surface area (Å²) in [4.78, 5) is 12.2. The first-order chi connectivity index (χ1) is 9.86. The van der Waals surface area contributed by atoms with E-state index in [1.165, 1.54) is 0 Å². The molecule has 2 fully saturated rings. The Morgan fingerprint density at radius 1 is 1.10 bits per heavy atom. The van der Waals surface area contributed by atoms with Crippen molar-refractivity contribution in [3.63, 3.8) is 0 Å². The minimum Gasteiger partial charge on any atom is -0.338 e. The molecule has 6 heteroatoms. The van der Waals surface area contributed by atoms with Crippen molar-refractivity contribution in [3.8, 4) is 6.07 Å². The first-order valence-electron chi connectivity index (χ1n) is 7.66. The molecule has 0 saturated heterocycles. The third-order valence-corrected chi connectivity index (χ3v) is 4.84. The van der Waals surface area contributed by atoms with Gasteiger partial charge >= 0.3 is 6.18 Å². The molecule has 0 aromatic carbocycles. The van der Waals surface area contributed by atoms with Gasteiger partial charge in [-0.1, -0.05) is 19.3 Å². The molecule has 0 unspecified atom stereocenters. The van der Waals surface area contributed by atoms with E-state index in [0.717, 1.165) is 19.3 Å². The van der Waals surface area contributed by atoms with Gasteiger partial charge in [-0.05, 0) is 38.5 Å². The monoisotopic (exact) mass is 302 g/mol. The fraction of sp³-hybridized carbons (Fsp3) is 0.867. The number of alkyl halides is 3. The Bertz CT molecular complexity index is 414. The highest BCUT2D eigenvalue weighted by Gasteiger charge is 2.43. The van der Waals surface area contributed by atoms with E-state index in [-0.39, 0.29) is 37.5 Å². The predicted molar refractivity (Wildman–Crippen MR) is 71.1 cm³/mol. The Balaban J connectivity index is 1.89. The summed E-state index contributed by atoms with van der Waals surface area (Å²) in [7, 11) is 0. The van der Waals surface area contributed by atoms with Crippen LogP contribution in [0.25, 0.3) is 0 Å². The highest BCUT2D eigenvalue weighted by atomic mass is 19.4. The molecule has 0 spiro atoms. The van der Waals surface area contributed by atoms with Crippen molar-refractivity contribution in [2.24, 2.45) is 11.8 Å². The van der Waals surface area contributed by atoms with E-state index in [2.05, 4.69) is 11.4 Å². The second-order valence-electron chi connectivity index (χ2n) is 6.33. The van der Waals surface area contributed by atoms with Gasteiger partial charge in [-0.15, -0.1) is 0 Å². The third-order valence-electron chi connectivity index (χ3n) is 4.84. The number of hydrogen-bond acceptors (Lipinski definition) is 2. The molecule has 1 N–H and O–H groups in total. The summed E-state index contributed by atoms with van der Waals surface area (Å²) >= 11 is 0. The number of carbonyl (C=O) groups excluding carboxylic acids is 1. The third kappa shape index (κ3) is 3.90. The van der Waals surface area contributed by atoms with Gasteiger partial charge in [-0.3, -0.25) is 4.79 Å². The fourth-order valence-electron chi connectivity index (χ4n) is 3.44. The number of hydrogen-bond donors (Lipinski definition) is 1. The highest BCUT2D eigenvalue weighted by Crippen LogP contribution is 2.40. The lowest BCUT2D eigenvalue weighted by atomic mass is 9.79. The van der Waals surface area contributed by atoms with Crippen molar-refractivity contribution in [1.29, 1.82) is 5.26 Å². The minimum atomic E-state index is -4.15. The largest absolute Gasteiger partial charge is 0.391 e. The second kappa shape index (κ2) is 6.25. The molecule has 0 bridgehead atoms. The summed E-state index contributed by atoms with van der Waals surface area (Å²) < 4.78 is 37.8. The second-order valence-corrected chi connectivity index (χ2v) is 6.33. The van der Waals surface area contributed by atoms with Crippen molar-refractivity contribution < 1.29 is 18.0 Å². The quantitative estimate of drug-likeness (QED) is 0.845. The van der Waals surface area contributed by atoms with Gasteiger partial charge in [0.25, 0.3) is 0 Å². The summed E-state index contributed by atoms with van der Waals surface area (Å²) in [6, 6.07) is 2.21. The van der Waals surface area contributed by atoms with Gasteiger partial charge in [0.2, 0.25) is 5.91 Å². The van der Waals surface area contributed by atoms with E-state index in [0.29, 0.717) is 12.8 Å². The van der Waals surface area contributed by atoms with Crippen LogP contribution in [0, 0.1) is 23.2 Å². The number of nitrogens with one attached hydrogen (secondary N) is 1. The molecule has 2 rings (SSSR count). The Kier molecular flexibility index (Phi) is 4.80. The summed E-state index contributed by atoms with van der Waals surface area (Å²) in [5, 5.41) is 12.1. The Hall–Kier alpha value is -1.25. The van der Waals surface area contributed by atoms with E-state index in [9.17, 15) is 23.2 Å². The van der Waals surface area contributed by atoms with E-state index in [1.54, 1.807) is 0 Å². The van der Waals surface area contributed by atoms with Crippen LogP contribution in [0.2, 0.25) is 0 Å². The van der Waals surface area contributed by atoms with Crippen LogP contribution in [0.4, 0.5) is 13.2 Å². The summed E-state index contributed by atoms with van der Waals surface area (Å²) in [5.74, 6) is -1.89. The van der Waals surface area contributed by atoms with Crippen LogP contribution >= 0.6 is 0 Å². The maximum atomic E-state index is 12.6. The summed E-state index contributed by atoms with van der Waals surface area (Å²) in [5.41, 5.74) is -0.795. The molecule has 0 atom stereocenters. The van der Waals surface area contributed by atoms with Crippen molar-refractivity contribution in [2.75, 3.05) is 0 Å². The van der Waals surface area contributed by atoms with Crippen molar-refractivity contribution >= 4 is 5.91 Å². The highest BCUT2D eigenvalue weighted by molar-refractivity contribution is 5.80. The average molecular weight is 302 g/mol. The zero-order chi connectivity index (χ0) is 15.5. The van der Waals surface area contributed by atoms with Gasteiger partial charge in [0.1, 0.15) is 5.54 Å². The number of carbonyl (C=O) groups is 1. The molecule has 0 aromatic heterocycles. The van der Waals surface area contributed by atoms with Gasteiger partial charge in [-0.25, -0.2) is 0 Å². The Labute approximate surface area is 122 Å². The first kappa shape index (κ1) is 16.1. The summed E-state index contributed by atoms with van der Waals surface area (Å²) in [6.45, 7) is 0. The van der Waals surface area contributed by atoms with E-state index >= 15 is 0 Å². The molecular formula is C15H21F3N2O. The van der Waals surface area contributed by atoms with Crippen molar-refractivity contribution in [3.05, 3.63) is 0 Å². The first-order valence-corrected chi connectivity index (χ1v) is 7.66. The SMILES string of the molecule is N#CC1(NC(=O)C2CCC(C(F)(F)F)CC2)CCCCC1. The maximum absolute atomic E-state index is 12.6. The molecule has 21 heavy (non-hydrogen) atoms. The summed E-state index contributed by atoms with van der Waals surface area (Å²) in [6.07, 6.45) is 0.579. The predicted octanol–water partition coefficient (Wildman–Crippen LogP) is 3.70. The van der Waals surface area contributed by atoms with Crippen molar-refractivity contribution in [2.45, 2.75) is 69.5 Å². The lowest BCUT2D eigenvalue weighted by molar-refractivity contribution is -0.184. The molecule has 2 aliphatic rings. The number of rotatable bonds is 2. The van der Waals surface area contributed by atoms with Crippen LogP contribution in [0.3, 0.4) is 0 Å². The molecule has 1 amide bonds. The fourth-order valence-corrected chi connectivity index (χ4v) is 3.44. The van der Waals surface area contributed by atoms with Gasteiger partial charge in [0.15, 0.2) is 0 Å². The average Bonchev–Trinajstić information content (AvgIpc) is 2.47. The van der Waals surface area contributed by atoms with Gasteiger partial charge in [-0.2, -0.15) is 18.4 Å². The standard InChI is InChI=1S/C15H21F3N2O/c16-15(17,18)12-6-4-11(5-7-12)13(21)20-14(10-19)8-2-1-3-9-14/h11-12H,1-9H2,(H,20,21). The van der Waals surface area contributed by atoms with Crippen LogP contribution in [0.1, 0.15) is 57.8 Å². The Morgan fingerprint density at radius 3 is 2.14 bits per heavy atom. The normalized spacial score (nSPS) is 29.4. The van der Waals surface area contributed by atoms with Crippen LogP contribution in [-0.2, 0) is 4.79 Å². The van der Waals surface area contributed by atoms with Crippen LogP contribution in [0.15, 0.2) is 0 Å². The molecule has 0 aromatic rings. The topological polar surface area (TPSA) is 52.9 Å². The Morgan fingerprint density at radius 2 is 1.67 bits per heavy atom. The van der Waals surface area contributed by atoms with E-state index < -0.39 is 17.6 Å². The number of nitrogens with zero attached hydrogens (tertiary/aromatic N) is 1. The van der Waals surface area contributed by atoms with Crippen LogP contribution in [0.5, 0.6) is 0 Å². The van der Waals surface area contributed by atoms with Crippen molar-refractivity contribution in [1.82, 2.24) is 5.32 Å². The minimum absolute atomic E-state index is 0.0150. The molecule has 118 valence electrons. The van der Waals surface area contributed by atoms with Gasteiger partial charge in [0, 0.05) is 5.92 Å². The molecule has 3 nitrogen and oxygen atoms in total. The molecule has 0 radical (unpaired) electrons. The molecule has 0 heterocycles. The number of nitriles is 1. The van der Waals surface area contributed by atoms with E-state index in [1.807, 2.05) is 0 Å². The lowest BCUT2D eigenvalue weighted by Gasteiger charge is -2.35. The van der Waals surface area contributed by atoms with Crippen LogP contribution < -0.4 is 5.32 Å². The van der Waals surface area contributed by atoms with E-state index in [4.69, 9.17) is 0 Å². The smallest absolute Gasteiger partial charge is 0.338 e. The van der Waals surface area contributed by atoms with Gasteiger partial charge in [0.05, 0.1) is 12.0 Å². The van der Waals surface area contributed by atoms with Gasteiger partial charge < -0.3 is 5.32 Å². The van der Waals surface area contributed by atoms with Crippen LogP contribution in [-0.4, -0.2) is 17.6 Å². The maximum Gasteiger partial charge on any atom is 0.391 e. The molecule has 2 aliphatic carbocycles. The zero-order valence-corrected chi connectivity index (χ0v) is 12.0. The molecule has 2 saturated carbocycles. The zero-order valence-electron chi connectivity index (χ0n) is 12.0. The molecule has 0 aliphatic heterocycles. The number of amides is 1.